The molecule has 0 aromatic carbocycles. The van der Waals surface area contributed by atoms with Gasteiger partial charge in [0, 0.05) is 0 Å². The molecule has 2 aliphatic heterocycles. The SMILES string of the molecule is Br.Br.C1CC[N]([Ti][N]2CCCC2)C1. The van der Waals surface area contributed by atoms with E-state index < -0.39 is 0 Å². The van der Waals surface area contributed by atoms with Gasteiger partial charge < -0.3 is 0 Å². The zero-order chi connectivity index (χ0) is 7.52. The van der Waals surface area contributed by atoms with E-state index in [2.05, 4.69) is 6.76 Å². The average molecular weight is 350 g/mol. The second-order valence-electron chi connectivity index (χ2n) is 3.49. The standard InChI is InChI=1S/2C4H8N.2BrH.Ti/c2*1-2-4-5-3-1;;;/h2*1-4H2;2*1H;/q2*-1;;;+2. The van der Waals surface area contributed by atoms with E-state index in [-0.39, 0.29) is 53.6 Å². The molecular formula is C8H18Br2N2Ti. The molecule has 0 aromatic rings. The molecule has 0 bridgehead atoms. The summed E-state index contributed by atoms with van der Waals surface area (Å²) in [7, 11) is 0. The van der Waals surface area contributed by atoms with Crippen molar-refractivity contribution in [3.8, 4) is 0 Å². The van der Waals surface area contributed by atoms with Crippen LogP contribution in [0.4, 0.5) is 0 Å². The van der Waals surface area contributed by atoms with E-state index in [1.54, 1.807) is 0 Å². The zero-order valence-electron chi connectivity index (χ0n) is 7.87. The summed E-state index contributed by atoms with van der Waals surface area (Å²) in [6.45, 7) is 5.60. The summed E-state index contributed by atoms with van der Waals surface area (Å²) in [6.07, 6.45) is 5.82. The predicted molar refractivity (Wildman–Crippen MR) is 62.3 cm³/mol. The van der Waals surface area contributed by atoms with Crippen molar-refractivity contribution in [3.63, 3.8) is 0 Å². The van der Waals surface area contributed by atoms with Crippen molar-refractivity contribution in [2.45, 2.75) is 25.7 Å². The molecule has 0 aromatic heterocycles. The summed E-state index contributed by atoms with van der Waals surface area (Å²) >= 11 is 0.153. The third-order valence-electron chi connectivity index (χ3n) is 2.49. The van der Waals surface area contributed by atoms with Crippen LogP contribution in [-0.2, 0) is 19.7 Å². The molecule has 2 fully saturated rings. The van der Waals surface area contributed by atoms with Crippen LogP contribution in [0.15, 0.2) is 0 Å². The minimum atomic E-state index is 0. The molecule has 2 nitrogen and oxygen atoms in total. The first-order valence-corrected chi connectivity index (χ1v) is 6.11. The molecule has 78 valence electrons. The molecule has 0 saturated carbocycles. The van der Waals surface area contributed by atoms with Gasteiger partial charge in [-0.25, -0.2) is 0 Å². The summed E-state index contributed by atoms with van der Waals surface area (Å²) < 4.78 is 5.43. The van der Waals surface area contributed by atoms with E-state index >= 15 is 0 Å². The second kappa shape index (κ2) is 7.83. The van der Waals surface area contributed by atoms with Crippen LogP contribution in [0.2, 0.25) is 0 Å². The Hall–Kier alpha value is 1.59. The van der Waals surface area contributed by atoms with E-state index in [0.717, 1.165) is 0 Å². The van der Waals surface area contributed by atoms with Crippen molar-refractivity contribution >= 4 is 34.0 Å². The minimum absolute atomic E-state index is 0. The van der Waals surface area contributed by atoms with Crippen LogP contribution < -0.4 is 0 Å². The molecule has 2 heterocycles. The Bertz CT molecular complexity index is 111. The molecule has 0 spiro atoms. The first kappa shape index (κ1) is 14.6. The Balaban J connectivity index is 0.000000720. The van der Waals surface area contributed by atoms with Gasteiger partial charge in [-0.15, -0.1) is 34.0 Å². The number of rotatable bonds is 2. The van der Waals surface area contributed by atoms with Gasteiger partial charge in [-0.05, 0) is 0 Å². The van der Waals surface area contributed by atoms with E-state index in [1.165, 1.54) is 51.9 Å². The Morgan fingerprint density at radius 1 is 0.615 bits per heavy atom. The Kier molecular flexibility index (Phi) is 8.79. The normalized spacial score (nSPS) is 23.7. The third-order valence-corrected chi connectivity index (χ3v) is 4.78. The van der Waals surface area contributed by atoms with Crippen molar-refractivity contribution in [1.82, 2.24) is 6.76 Å². The summed E-state index contributed by atoms with van der Waals surface area (Å²) in [5, 5.41) is 0. The number of hydrogen-bond acceptors (Lipinski definition) is 2. The molecule has 0 unspecified atom stereocenters. The van der Waals surface area contributed by atoms with E-state index in [1.807, 2.05) is 0 Å². The van der Waals surface area contributed by atoms with Gasteiger partial charge in [0.1, 0.15) is 0 Å². The monoisotopic (exact) mass is 348 g/mol. The predicted octanol–water partition coefficient (Wildman–Crippen LogP) is 2.25. The van der Waals surface area contributed by atoms with Crippen LogP contribution >= 0.6 is 34.0 Å². The van der Waals surface area contributed by atoms with Crippen molar-refractivity contribution in [1.29, 1.82) is 0 Å². The van der Waals surface area contributed by atoms with Crippen LogP contribution in [0.5, 0.6) is 0 Å². The fourth-order valence-electron chi connectivity index (χ4n) is 1.83. The van der Waals surface area contributed by atoms with Crippen LogP contribution in [0.1, 0.15) is 25.7 Å². The van der Waals surface area contributed by atoms with Gasteiger partial charge in [-0.2, -0.15) is 0 Å². The van der Waals surface area contributed by atoms with Gasteiger partial charge in [0.2, 0.25) is 0 Å². The molecule has 5 heteroatoms. The van der Waals surface area contributed by atoms with Crippen molar-refractivity contribution in [2.75, 3.05) is 26.2 Å². The van der Waals surface area contributed by atoms with Crippen molar-refractivity contribution < 1.29 is 19.7 Å². The van der Waals surface area contributed by atoms with Crippen LogP contribution in [0.25, 0.3) is 0 Å². The molecule has 2 aliphatic rings. The Morgan fingerprint density at radius 2 is 0.923 bits per heavy atom. The Labute approximate surface area is 111 Å². The van der Waals surface area contributed by atoms with Gasteiger partial charge >= 0.3 is 78.3 Å². The van der Waals surface area contributed by atoms with Crippen LogP contribution in [0.3, 0.4) is 0 Å². The summed E-state index contributed by atoms with van der Waals surface area (Å²) in [6, 6.07) is 0. The summed E-state index contributed by atoms with van der Waals surface area (Å²) in [5.74, 6) is 0. The summed E-state index contributed by atoms with van der Waals surface area (Å²) in [4.78, 5) is 0. The van der Waals surface area contributed by atoms with Crippen LogP contribution in [-0.4, -0.2) is 32.9 Å². The quantitative estimate of drug-likeness (QED) is 0.705. The molecule has 0 radical (unpaired) electrons. The zero-order valence-corrected chi connectivity index (χ0v) is 12.9. The third kappa shape index (κ3) is 4.76. The average Bonchev–Trinajstić information content (AvgIpc) is 2.60. The van der Waals surface area contributed by atoms with Crippen molar-refractivity contribution in [2.24, 2.45) is 0 Å². The maximum absolute atomic E-state index is 2.71. The first-order valence-electron chi connectivity index (χ1n) is 4.71. The summed E-state index contributed by atoms with van der Waals surface area (Å²) in [5.41, 5.74) is 0. The fraction of sp³-hybridized carbons (Fsp3) is 1.00. The molecular weight excluding hydrogens is 332 g/mol. The van der Waals surface area contributed by atoms with Gasteiger partial charge in [-0.1, -0.05) is 0 Å². The number of hydrogen-bond donors (Lipinski definition) is 0. The molecule has 13 heavy (non-hydrogen) atoms. The fourth-order valence-corrected chi connectivity index (χ4v) is 4.07. The Morgan fingerprint density at radius 3 is 1.23 bits per heavy atom. The molecule has 0 atom stereocenters. The van der Waals surface area contributed by atoms with Gasteiger partial charge in [0.15, 0.2) is 0 Å². The van der Waals surface area contributed by atoms with E-state index in [0.29, 0.717) is 0 Å². The van der Waals surface area contributed by atoms with E-state index in [4.69, 9.17) is 0 Å². The number of halogens is 2. The second-order valence-corrected chi connectivity index (χ2v) is 5.78. The van der Waals surface area contributed by atoms with Gasteiger partial charge in [-0.3, -0.25) is 0 Å². The van der Waals surface area contributed by atoms with Crippen molar-refractivity contribution in [3.05, 3.63) is 0 Å². The maximum atomic E-state index is 2.71. The molecule has 0 amide bonds. The van der Waals surface area contributed by atoms with E-state index in [9.17, 15) is 0 Å². The molecule has 2 rings (SSSR count). The molecule has 0 N–H and O–H groups in total. The van der Waals surface area contributed by atoms with Crippen LogP contribution in [0, 0.1) is 0 Å². The number of nitrogens with zero attached hydrogens (tertiary/aromatic N) is 2. The topological polar surface area (TPSA) is 6.48 Å². The van der Waals surface area contributed by atoms with Gasteiger partial charge in [0.25, 0.3) is 0 Å². The molecule has 0 aliphatic carbocycles. The molecule has 2 saturated heterocycles. The van der Waals surface area contributed by atoms with Gasteiger partial charge in [0.05, 0.1) is 0 Å². The first-order chi connectivity index (χ1) is 5.45.